The highest BCUT2D eigenvalue weighted by Crippen LogP contribution is 2.29. The summed E-state index contributed by atoms with van der Waals surface area (Å²) >= 11 is 0. The lowest BCUT2D eigenvalue weighted by Gasteiger charge is -2.09. The van der Waals surface area contributed by atoms with Crippen LogP contribution in [0, 0.1) is 11.3 Å². The van der Waals surface area contributed by atoms with Crippen molar-refractivity contribution in [3.05, 3.63) is 41.5 Å². The predicted octanol–water partition coefficient (Wildman–Crippen LogP) is 2.58. The molecule has 0 atom stereocenters. The van der Waals surface area contributed by atoms with Gasteiger partial charge in [-0.25, -0.2) is 0 Å². The Morgan fingerprint density at radius 1 is 1.21 bits per heavy atom. The van der Waals surface area contributed by atoms with Crippen LogP contribution >= 0.6 is 0 Å². The molecule has 4 nitrogen and oxygen atoms in total. The van der Waals surface area contributed by atoms with E-state index < -0.39 is 0 Å². The number of nitrogens with zero attached hydrogens (tertiary/aromatic N) is 1. The van der Waals surface area contributed by atoms with E-state index in [-0.39, 0.29) is 5.75 Å². The molecule has 2 aromatic rings. The van der Waals surface area contributed by atoms with Gasteiger partial charge in [0.2, 0.25) is 0 Å². The molecule has 0 bridgehead atoms. The third-order valence-corrected chi connectivity index (χ3v) is 2.89. The Balaban J connectivity index is 2.23. The van der Waals surface area contributed by atoms with E-state index >= 15 is 0 Å². The molecule has 98 valence electrons. The predicted molar refractivity (Wildman–Crippen MR) is 71.9 cm³/mol. The van der Waals surface area contributed by atoms with Crippen molar-refractivity contribution in [2.24, 2.45) is 0 Å². The van der Waals surface area contributed by atoms with Crippen LogP contribution in [0.25, 0.3) is 10.8 Å². The maximum Gasteiger partial charge on any atom is 0.128 e. The molecule has 0 spiro atoms. The molecule has 0 heterocycles. The van der Waals surface area contributed by atoms with Crippen LogP contribution in [0.3, 0.4) is 0 Å². The number of phenolic OH excluding ortho intramolecular Hbond substituents is 1. The number of hydrogen-bond donors (Lipinski definition) is 1. The summed E-state index contributed by atoms with van der Waals surface area (Å²) in [6, 6.07) is 11.0. The van der Waals surface area contributed by atoms with Gasteiger partial charge in [0.05, 0.1) is 31.5 Å². The van der Waals surface area contributed by atoms with Gasteiger partial charge in [-0.2, -0.15) is 5.26 Å². The van der Waals surface area contributed by atoms with Crippen molar-refractivity contribution in [2.45, 2.75) is 6.61 Å². The molecule has 0 saturated heterocycles. The Morgan fingerprint density at radius 3 is 2.79 bits per heavy atom. The molecule has 1 N–H and O–H groups in total. The standard InChI is InChI=1S/C15H15NO3/c1-18-6-7-19-10-13-4-3-12-8-11(9-16)2-5-14(12)15(13)17/h2-5,8,17H,6-7,10H2,1H3. The quantitative estimate of drug-likeness (QED) is 0.836. The minimum absolute atomic E-state index is 0.208. The average molecular weight is 257 g/mol. The molecule has 2 rings (SSSR count). The second kappa shape index (κ2) is 6.19. The molecule has 2 aromatic carbocycles. The first-order valence-electron chi connectivity index (χ1n) is 5.97. The van der Waals surface area contributed by atoms with E-state index in [1.807, 2.05) is 12.1 Å². The Bertz CT molecular complexity index is 617. The highest BCUT2D eigenvalue weighted by Gasteiger charge is 2.07. The minimum Gasteiger partial charge on any atom is -0.507 e. The van der Waals surface area contributed by atoms with Crippen LogP contribution in [-0.2, 0) is 16.1 Å². The lowest BCUT2D eigenvalue weighted by molar-refractivity contribution is 0.0609. The van der Waals surface area contributed by atoms with Crippen molar-refractivity contribution in [1.29, 1.82) is 5.26 Å². The third kappa shape index (κ3) is 3.02. The Labute approximate surface area is 111 Å². The van der Waals surface area contributed by atoms with Crippen molar-refractivity contribution in [3.8, 4) is 11.8 Å². The van der Waals surface area contributed by atoms with E-state index in [4.69, 9.17) is 14.7 Å². The molecule has 0 amide bonds. The number of fused-ring (bicyclic) bond motifs is 1. The van der Waals surface area contributed by atoms with Crippen molar-refractivity contribution in [3.63, 3.8) is 0 Å². The molecule has 0 aromatic heterocycles. The molecule has 0 aliphatic carbocycles. The topological polar surface area (TPSA) is 62.5 Å². The highest BCUT2D eigenvalue weighted by molar-refractivity contribution is 5.90. The summed E-state index contributed by atoms with van der Waals surface area (Å²) in [6.45, 7) is 1.35. The minimum atomic E-state index is 0.208. The van der Waals surface area contributed by atoms with Gasteiger partial charge in [-0.15, -0.1) is 0 Å². The number of benzene rings is 2. The summed E-state index contributed by atoms with van der Waals surface area (Å²) in [5.41, 5.74) is 1.31. The molecule has 0 aliphatic heterocycles. The van der Waals surface area contributed by atoms with E-state index in [0.717, 1.165) is 16.3 Å². The van der Waals surface area contributed by atoms with Gasteiger partial charge >= 0.3 is 0 Å². The highest BCUT2D eigenvalue weighted by atomic mass is 16.5. The van der Waals surface area contributed by atoms with Gasteiger partial charge in [0.15, 0.2) is 0 Å². The second-order valence-electron chi connectivity index (χ2n) is 4.17. The van der Waals surface area contributed by atoms with E-state index in [2.05, 4.69) is 6.07 Å². The van der Waals surface area contributed by atoms with Gasteiger partial charge in [0.1, 0.15) is 5.75 Å². The number of aromatic hydroxyl groups is 1. The first-order valence-corrected chi connectivity index (χ1v) is 5.97. The van der Waals surface area contributed by atoms with Crippen LogP contribution in [0.5, 0.6) is 5.75 Å². The summed E-state index contributed by atoms with van der Waals surface area (Å²) in [5, 5.41) is 20.6. The van der Waals surface area contributed by atoms with Crippen LogP contribution < -0.4 is 0 Å². The Kier molecular flexibility index (Phi) is 4.35. The summed E-state index contributed by atoms with van der Waals surface area (Å²) in [6.07, 6.45) is 0. The number of phenols is 1. The van der Waals surface area contributed by atoms with Crippen molar-refractivity contribution in [2.75, 3.05) is 20.3 Å². The lowest BCUT2D eigenvalue weighted by atomic mass is 10.0. The molecule has 19 heavy (non-hydrogen) atoms. The maximum absolute atomic E-state index is 10.2. The fourth-order valence-corrected chi connectivity index (χ4v) is 1.87. The molecule has 0 aliphatic rings. The average Bonchev–Trinajstić information content (AvgIpc) is 2.45. The fraction of sp³-hybridized carbons (Fsp3) is 0.267. The zero-order valence-corrected chi connectivity index (χ0v) is 10.7. The molecule has 4 heteroatoms. The van der Waals surface area contributed by atoms with Gasteiger partial charge in [0, 0.05) is 18.1 Å². The summed E-state index contributed by atoms with van der Waals surface area (Å²) < 4.78 is 10.3. The maximum atomic E-state index is 10.2. The molecular weight excluding hydrogens is 242 g/mol. The Morgan fingerprint density at radius 2 is 2.05 bits per heavy atom. The first kappa shape index (κ1) is 13.3. The van der Waals surface area contributed by atoms with E-state index in [1.54, 1.807) is 25.3 Å². The second-order valence-corrected chi connectivity index (χ2v) is 4.17. The molecule has 0 saturated carbocycles. The number of nitriles is 1. The normalized spacial score (nSPS) is 10.5. The van der Waals surface area contributed by atoms with Gasteiger partial charge in [-0.1, -0.05) is 12.1 Å². The summed E-state index contributed by atoms with van der Waals surface area (Å²) in [4.78, 5) is 0. The van der Waals surface area contributed by atoms with E-state index in [9.17, 15) is 5.11 Å². The molecule has 0 fully saturated rings. The summed E-state index contributed by atoms with van der Waals surface area (Å²) in [7, 11) is 1.61. The molecular formula is C15H15NO3. The Hall–Kier alpha value is -2.09. The van der Waals surface area contributed by atoms with Crippen LogP contribution in [0.15, 0.2) is 30.3 Å². The van der Waals surface area contributed by atoms with Crippen molar-refractivity contribution < 1.29 is 14.6 Å². The van der Waals surface area contributed by atoms with Crippen LogP contribution in [0.4, 0.5) is 0 Å². The molecule has 0 radical (unpaired) electrons. The number of methoxy groups -OCH3 is 1. The zero-order valence-electron chi connectivity index (χ0n) is 10.7. The molecule has 0 unspecified atom stereocenters. The lowest BCUT2D eigenvalue weighted by Crippen LogP contribution is -2.02. The number of ether oxygens (including phenoxy) is 2. The van der Waals surface area contributed by atoms with Gasteiger partial charge in [-0.3, -0.25) is 0 Å². The largest absolute Gasteiger partial charge is 0.507 e. The van der Waals surface area contributed by atoms with Crippen LogP contribution in [0.1, 0.15) is 11.1 Å². The van der Waals surface area contributed by atoms with Gasteiger partial charge < -0.3 is 14.6 Å². The monoisotopic (exact) mass is 257 g/mol. The summed E-state index contributed by atoms with van der Waals surface area (Å²) in [5.74, 6) is 0.208. The van der Waals surface area contributed by atoms with Crippen molar-refractivity contribution >= 4 is 10.8 Å². The first-order chi connectivity index (χ1) is 9.26. The smallest absolute Gasteiger partial charge is 0.128 e. The van der Waals surface area contributed by atoms with Crippen LogP contribution in [-0.4, -0.2) is 25.4 Å². The van der Waals surface area contributed by atoms with Crippen molar-refractivity contribution in [1.82, 2.24) is 0 Å². The van der Waals surface area contributed by atoms with Gasteiger partial charge in [-0.05, 0) is 23.6 Å². The number of hydrogen-bond acceptors (Lipinski definition) is 4. The number of rotatable bonds is 5. The fourth-order valence-electron chi connectivity index (χ4n) is 1.87. The zero-order chi connectivity index (χ0) is 13.7. The van der Waals surface area contributed by atoms with Crippen LogP contribution in [0.2, 0.25) is 0 Å². The van der Waals surface area contributed by atoms with E-state index in [0.29, 0.717) is 25.4 Å². The SMILES string of the molecule is COCCOCc1ccc2cc(C#N)ccc2c1O. The van der Waals surface area contributed by atoms with Gasteiger partial charge in [0.25, 0.3) is 0 Å². The van der Waals surface area contributed by atoms with E-state index in [1.165, 1.54) is 0 Å². The third-order valence-electron chi connectivity index (χ3n) is 2.89.